The van der Waals surface area contributed by atoms with Gasteiger partial charge in [0.15, 0.2) is 0 Å². The zero-order valence-corrected chi connectivity index (χ0v) is 26.4. The number of allylic oxidation sites excluding steroid dienone is 10. The van der Waals surface area contributed by atoms with Crippen molar-refractivity contribution >= 4 is 5.97 Å². The fraction of sp³-hybridized carbons (Fsp3) is 0.686. The summed E-state index contributed by atoms with van der Waals surface area (Å²) in [6.07, 6.45) is 19.4. The molecule has 2 rings (SSSR count). The molecule has 3 atom stereocenters. The van der Waals surface area contributed by atoms with Crippen LogP contribution in [0.4, 0.5) is 0 Å². The lowest BCUT2D eigenvalue weighted by Gasteiger charge is -2.56. The van der Waals surface area contributed by atoms with E-state index in [-0.39, 0.29) is 17.0 Å². The fourth-order valence-corrected chi connectivity index (χ4v) is 6.40. The lowest BCUT2D eigenvalue weighted by atomic mass is 9.48. The molecule has 1 saturated carbocycles. The summed E-state index contributed by atoms with van der Waals surface area (Å²) in [6.45, 7) is 23.6. The number of carbonyl (C=O) groups excluding carboxylic acids is 1. The van der Waals surface area contributed by atoms with E-state index in [1.807, 2.05) is 19.9 Å². The molecule has 3 heteroatoms. The second-order valence-electron chi connectivity index (χ2n) is 12.3. The Morgan fingerprint density at radius 3 is 1.89 bits per heavy atom. The summed E-state index contributed by atoms with van der Waals surface area (Å²) in [4.78, 5) is 12.8. The molecule has 0 heterocycles. The Morgan fingerprint density at radius 1 is 0.895 bits per heavy atom. The van der Waals surface area contributed by atoms with Crippen LogP contribution in [0, 0.1) is 22.7 Å². The Bertz CT molecular complexity index is 981. The van der Waals surface area contributed by atoms with E-state index in [1.54, 1.807) is 5.57 Å². The van der Waals surface area contributed by atoms with Crippen molar-refractivity contribution < 1.29 is 14.3 Å². The van der Waals surface area contributed by atoms with Gasteiger partial charge >= 0.3 is 5.97 Å². The molecule has 3 unspecified atom stereocenters. The highest BCUT2D eigenvalue weighted by Gasteiger charge is 2.52. The van der Waals surface area contributed by atoms with Gasteiger partial charge in [0.05, 0.1) is 11.2 Å². The van der Waals surface area contributed by atoms with Gasteiger partial charge < -0.3 is 9.47 Å². The van der Waals surface area contributed by atoms with Crippen LogP contribution in [0.3, 0.4) is 0 Å². The van der Waals surface area contributed by atoms with Crippen LogP contribution >= 0.6 is 0 Å². The van der Waals surface area contributed by atoms with Gasteiger partial charge in [0.25, 0.3) is 0 Å². The van der Waals surface area contributed by atoms with Crippen molar-refractivity contribution in [1.29, 1.82) is 0 Å². The van der Waals surface area contributed by atoms with Gasteiger partial charge in [-0.25, -0.2) is 0 Å². The largest absolute Gasteiger partial charge is 0.492 e. The SMILES string of the molecule is CCC1CC=C2CCC2C1(/C(C)=C/C=C(\C)OC(=O)C(C)(CC)CC)/C(C)=C/C=C(\C)OC(C)(CC)CC. The Labute approximate surface area is 234 Å². The second kappa shape index (κ2) is 13.4. The molecular formula is C35H56O3. The van der Waals surface area contributed by atoms with Crippen LogP contribution in [0.2, 0.25) is 0 Å². The van der Waals surface area contributed by atoms with Gasteiger partial charge in [-0.3, -0.25) is 4.79 Å². The molecule has 2 aliphatic rings. The molecule has 0 amide bonds. The summed E-state index contributed by atoms with van der Waals surface area (Å²) in [7, 11) is 0. The Balaban J connectivity index is 2.49. The Hall–Kier alpha value is -2.03. The maximum atomic E-state index is 12.8. The summed E-state index contributed by atoms with van der Waals surface area (Å²) in [5, 5.41) is 0. The van der Waals surface area contributed by atoms with Crippen LogP contribution in [0.15, 0.2) is 58.6 Å². The maximum Gasteiger partial charge on any atom is 0.316 e. The highest BCUT2D eigenvalue weighted by molar-refractivity contribution is 5.77. The van der Waals surface area contributed by atoms with Crippen LogP contribution in [-0.2, 0) is 14.3 Å². The smallest absolute Gasteiger partial charge is 0.316 e. The summed E-state index contributed by atoms with van der Waals surface area (Å²) in [5.41, 5.74) is 3.78. The van der Waals surface area contributed by atoms with Crippen LogP contribution in [0.25, 0.3) is 0 Å². The van der Waals surface area contributed by atoms with Crippen LogP contribution in [0.5, 0.6) is 0 Å². The number of esters is 1. The monoisotopic (exact) mass is 524 g/mol. The molecule has 0 bridgehead atoms. The molecule has 38 heavy (non-hydrogen) atoms. The van der Waals surface area contributed by atoms with Gasteiger partial charge in [-0.2, -0.15) is 0 Å². The van der Waals surface area contributed by atoms with Crippen molar-refractivity contribution in [2.45, 2.75) is 133 Å². The van der Waals surface area contributed by atoms with Crippen molar-refractivity contribution in [2.24, 2.45) is 22.7 Å². The predicted molar refractivity (Wildman–Crippen MR) is 162 cm³/mol. The molecule has 3 nitrogen and oxygen atoms in total. The van der Waals surface area contributed by atoms with Gasteiger partial charge in [0.2, 0.25) is 0 Å². The fourth-order valence-electron chi connectivity index (χ4n) is 6.40. The number of rotatable bonds is 13. The van der Waals surface area contributed by atoms with Crippen molar-refractivity contribution in [3.05, 3.63) is 58.6 Å². The van der Waals surface area contributed by atoms with E-state index in [0.29, 0.717) is 17.6 Å². The van der Waals surface area contributed by atoms with Crippen LogP contribution < -0.4 is 0 Å². The third-order valence-corrected chi connectivity index (χ3v) is 10.2. The number of fused-ring (bicyclic) bond motifs is 1. The van der Waals surface area contributed by atoms with E-state index >= 15 is 0 Å². The number of hydrogen-bond donors (Lipinski definition) is 0. The van der Waals surface area contributed by atoms with Crippen LogP contribution in [-0.4, -0.2) is 11.6 Å². The molecule has 0 spiro atoms. The minimum absolute atomic E-state index is 0.0329. The minimum Gasteiger partial charge on any atom is -0.492 e. The van der Waals surface area contributed by atoms with Gasteiger partial charge in [-0.1, -0.05) is 76.0 Å². The summed E-state index contributed by atoms with van der Waals surface area (Å²) < 4.78 is 12.2. The highest BCUT2D eigenvalue weighted by atomic mass is 16.5. The summed E-state index contributed by atoms with van der Waals surface area (Å²) >= 11 is 0. The van der Waals surface area contributed by atoms with E-state index in [4.69, 9.17) is 9.47 Å². The first-order valence-corrected chi connectivity index (χ1v) is 15.2. The average Bonchev–Trinajstić information content (AvgIpc) is 2.89. The van der Waals surface area contributed by atoms with E-state index in [9.17, 15) is 4.79 Å². The first-order chi connectivity index (χ1) is 17.9. The molecule has 0 N–H and O–H groups in total. The maximum absolute atomic E-state index is 12.8. The lowest BCUT2D eigenvalue weighted by molar-refractivity contribution is -0.150. The standard InChI is InChI=1S/C35H56O3/c1-12-30-23-21-29-22-24-31(29)35(30,26(7)18-20-28(9)38-34(11,15-4)16-5)25(6)17-19-27(8)37-32(36)33(10,13-2)14-3/h17-21,30-31H,12-16,22-24H2,1-11H3/b25-17+,26-18+,27-19+,28-20+. The molecule has 214 valence electrons. The molecule has 0 aromatic heterocycles. The molecule has 0 aromatic rings. The van der Waals surface area contributed by atoms with Gasteiger partial charge in [0, 0.05) is 5.41 Å². The Morgan fingerprint density at radius 2 is 1.45 bits per heavy atom. The van der Waals surface area contributed by atoms with Crippen molar-refractivity contribution in [1.82, 2.24) is 0 Å². The van der Waals surface area contributed by atoms with Crippen molar-refractivity contribution in [3.8, 4) is 0 Å². The van der Waals surface area contributed by atoms with Crippen molar-refractivity contribution in [3.63, 3.8) is 0 Å². The molecule has 0 aromatic carbocycles. The van der Waals surface area contributed by atoms with E-state index in [0.717, 1.165) is 44.3 Å². The van der Waals surface area contributed by atoms with E-state index in [1.165, 1.54) is 24.0 Å². The number of carbonyl (C=O) groups is 1. The molecule has 1 fully saturated rings. The van der Waals surface area contributed by atoms with Crippen LogP contribution in [0.1, 0.15) is 128 Å². The first kappa shape index (κ1) is 32.2. The number of ether oxygens (including phenoxy) is 2. The van der Waals surface area contributed by atoms with Crippen molar-refractivity contribution in [2.75, 3.05) is 0 Å². The van der Waals surface area contributed by atoms with E-state index in [2.05, 4.69) is 86.6 Å². The lowest BCUT2D eigenvalue weighted by Crippen LogP contribution is -2.47. The van der Waals surface area contributed by atoms with Gasteiger partial charge in [-0.15, -0.1) is 0 Å². The zero-order valence-electron chi connectivity index (χ0n) is 26.4. The zero-order chi connectivity index (χ0) is 28.7. The van der Waals surface area contributed by atoms with Gasteiger partial charge in [-0.05, 0) is 110 Å². The topological polar surface area (TPSA) is 35.5 Å². The number of hydrogen-bond acceptors (Lipinski definition) is 3. The highest BCUT2D eigenvalue weighted by Crippen LogP contribution is 2.62. The molecule has 2 aliphatic carbocycles. The quantitative estimate of drug-likeness (QED) is 0.104. The second-order valence-corrected chi connectivity index (χ2v) is 12.3. The Kier molecular flexibility index (Phi) is 11.3. The molecule has 0 aliphatic heterocycles. The van der Waals surface area contributed by atoms with Gasteiger partial charge in [0.1, 0.15) is 11.4 Å². The predicted octanol–water partition coefficient (Wildman–Crippen LogP) is 10.4. The third kappa shape index (κ3) is 6.57. The molecule has 0 saturated heterocycles. The minimum atomic E-state index is -0.436. The summed E-state index contributed by atoms with van der Waals surface area (Å²) in [5.74, 6) is 2.58. The molecule has 0 radical (unpaired) electrons. The average molecular weight is 525 g/mol. The first-order valence-electron chi connectivity index (χ1n) is 15.2. The van der Waals surface area contributed by atoms with E-state index < -0.39 is 5.41 Å². The summed E-state index contributed by atoms with van der Waals surface area (Å²) in [6, 6.07) is 0. The molecular weight excluding hydrogens is 468 g/mol. The normalized spacial score (nSPS) is 25.4. The third-order valence-electron chi connectivity index (χ3n) is 10.2.